The number of hydrogen-bond donors (Lipinski definition) is 2. The molecular formula is C28H29N3O3. The van der Waals surface area contributed by atoms with E-state index in [2.05, 4.69) is 48.5 Å². The third-order valence-electron chi connectivity index (χ3n) is 5.63. The maximum absolute atomic E-state index is 13.3. The molecule has 1 aromatic heterocycles. The number of methoxy groups -OCH3 is 1. The summed E-state index contributed by atoms with van der Waals surface area (Å²) in [6.07, 6.45) is 0. The summed E-state index contributed by atoms with van der Waals surface area (Å²) in [6, 6.07) is 23.0. The fraction of sp³-hybridized carbons (Fsp3) is 0.214. The number of carbonyl (C=O) groups is 1. The van der Waals surface area contributed by atoms with Crippen LogP contribution in [0, 0.1) is 0 Å². The zero-order valence-corrected chi connectivity index (χ0v) is 20.1. The molecule has 6 heteroatoms. The lowest BCUT2D eigenvalue weighted by Gasteiger charge is -2.18. The first-order chi connectivity index (χ1) is 16.3. The molecule has 4 rings (SSSR count). The van der Waals surface area contributed by atoms with Gasteiger partial charge in [0.25, 0.3) is 5.91 Å². The summed E-state index contributed by atoms with van der Waals surface area (Å²) in [7, 11) is 3.42. The number of nitrogens with one attached hydrogen (secondary N) is 2. The number of rotatable bonds is 6. The quantitative estimate of drug-likeness (QED) is 0.342. The van der Waals surface area contributed by atoms with Gasteiger partial charge >= 0.3 is 0 Å². The molecule has 0 saturated carbocycles. The largest absolute Gasteiger partial charge is 0.495 e. The van der Waals surface area contributed by atoms with Crippen LogP contribution in [0.25, 0.3) is 22.8 Å². The van der Waals surface area contributed by atoms with Crippen LogP contribution in [0.3, 0.4) is 0 Å². The van der Waals surface area contributed by atoms with Crippen LogP contribution in [-0.2, 0) is 5.41 Å². The summed E-state index contributed by atoms with van der Waals surface area (Å²) in [5.74, 6) is 0.985. The van der Waals surface area contributed by atoms with Gasteiger partial charge in [0.2, 0.25) is 5.89 Å². The van der Waals surface area contributed by atoms with Gasteiger partial charge in [-0.15, -0.1) is 0 Å². The summed E-state index contributed by atoms with van der Waals surface area (Å²) in [6.45, 7) is 6.50. The van der Waals surface area contributed by atoms with E-state index in [0.29, 0.717) is 23.1 Å². The molecule has 0 radical (unpaired) electrons. The highest BCUT2D eigenvalue weighted by Gasteiger charge is 2.24. The number of amides is 1. The second-order valence-electron chi connectivity index (χ2n) is 9.01. The van der Waals surface area contributed by atoms with Gasteiger partial charge < -0.3 is 19.8 Å². The van der Waals surface area contributed by atoms with E-state index in [0.717, 1.165) is 16.8 Å². The van der Waals surface area contributed by atoms with E-state index in [1.165, 1.54) is 5.56 Å². The fourth-order valence-corrected chi connectivity index (χ4v) is 3.62. The van der Waals surface area contributed by atoms with Crippen molar-refractivity contribution >= 4 is 17.3 Å². The fourth-order valence-electron chi connectivity index (χ4n) is 3.62. The van der Waals surface area contributed by atoms with Crippen molar-refractivity contribution in [2.45, 2.75) is 26.2 Å². The van der Waals surface area contributed by atoms with Gasteiger partial charge in [-0.05, 0) is 59.5 Å². The van der Waals surface area contributed by atoms with Gasteiger partial charge in [0, 0.05) is 23.9 Å². The van der Waals surface area contributed by atoms with Crippen LogP contribution in [0.1, 0.15) is 36.8 Å². The molecule has 1 heterocycles. The van der Waals surface area contributed by atoms with Crippen LogP contribution in [0.15, 0.2) is 77.2 Å². The minimum Gasteiger partial charge on any atom is -0.495 e. The molecule has 6 nitrogen and oxygen atoms in total. The average Bonchev–Trinajstić information content (AvgIpc) is 3.30. The molecule has 0 saturated heterocycles. The van der Waals surface area contributed by atoms with Crippen molar-refractivity contribution < 1.29 is 13.9 Å². The summed E-state index contributed by atoms with van der Waals surface area (Å²) in [4.78, 5) is 17.9. The molecule has 2 N–H and O–H groups in total. The van der Waals surface area contributed by atoms with Gasteiger partial charge in [-0.2, -0.15) is 0 Å². The lowest BCUT2D eigenvalue weighted by molar-refractivity contribution is 0.102. The van der Waals surface area contributed by atoms with Crippen molar-refractivity contribution in [3.05, 3.63) is 84.1 Å². The molecule has 4 aromatic rings. The number of nitrogens with zero attached hydrogens (tertiary/aromatic N) is 1. The number of benzene rings is 3. The normalized spacial score (nSPS) is 11.2. The molecular weight excluding hydrogens is 426 g/mol. The number of para-hydroxylation sites is 2. The predicted molar refractivity (Wildman–Crippen MR) is 137 cm³/mol. The Hall–Kier alpha value is -4.06. The molecule has 0 aliphatic heterocycles. The van der Waals surface area contributed by atoms with Crippen molar-refractivity contribution in [1.29, 1.82) is 0 Å². The minimum atomic E-state index is -0.376. The van der Waals surface area contributed by atoms with Gasteiger partial charge in [-0.3, -0.25) is 4.79 Å². The second kappa shape index (κ2) is 9.43. The number of hydrogen-bond acceptors (Lipinski definition) is 5. The van der Waals surface area contributed by atoms with E-state index in [1.54, 1.807) is 19.2 Å². The van der Waals surface area contributed by atoms with E-state index >= 15 is 0 Å². The molecule has 1 amide bonds. The van der Waals surface area contributed by atoms with E-state index in [-0.39, 0.29) is 17.0 Å². The van der Waals surface area contributed by atoms with Gasteiger partial charge in [0.1, 0.15) is 5.75 Å². The zero-order chi connectivity index (χ0) is 24.3. The van der Waals surface area contributed by atoms with Gasteiger partial charge in [-0.25, -0.2) is 4.98 Å². The lowest BCUT2D eigenvalue weighted by atomic mass is 9.87. The first-order valence-corrected chi connectivity index (χ1v) is 11.1. The molecule has 0 aliphatic rings. The Morgan fingerprint density at radius 1 is 0.912 bits per heavy atom. The predicted octanol–water partition coefficient (Wildman–Crippen LogP) is 6.61. The monoisotopic (exact) mass is 455 g/mol. The Morgan fingerprint density at radius 3 is 2.18 bits per heavy atom. The van der Waals surface area contributed by atoms with Crippen LogP contribution in [0.5, 0.6) is 5.75 Å². The summed E-state index contributed by atoms with van der Waals surface area (Å²) < 4.78 is 11.5. The standard InChI is InChI=1S/C28H29N3O3/c1-28(2,3)20-14-10-19(11-15-20)27-31-24(25(34-27)18-12-16-21(29-4)17-13-18)26(32)30-22-8-6-7-9-23(22)33-5/h6-17,29H,1-5H3,(H,30,32). The number of oxazole rings is 1. The third-order valence-corrected chi connectivity index (χ3v) is 5.63. The van der Waals surface area contributed by atoms with Crippen LogP contribution >= 0.6 is 0 Å². The number of aromatic nitrogens is 1. The van der Waals surface area contributed by atoms with Crippen LogP contribution in [-0.4, -0.2) is 25.0 Å². The van der Waals surface area contributed by atoms with E-state index in [9.17, 15) is 4.79 Å². The number of carbonyl (C=O) groups excluding carboxylic acids is 1. The summed E-state index contributed by atoms with van der Waals surface area (Å²) in [5.41, 5.74) is 4.53. The zero-order valence-electron chi connectivity index (χ0n) is 20.1. The highest BCUT2D eigenvalue weighted by atomic mass is 16.5. The second-order valence-corrected chi connectivity index (χ2v) is 9.01. The maximum Gasteiger partial charge on any atom is 0.278 e. The van der Waals surface area contributed by atoms with Crippen molar-refractivity contribution in [3.63, 3.8) is 0 Å². The van der Waals surface area contributed by atoms with Gasteiger partial charge in [0.05, 0.1) is 12.8 Å². The van der Waals surface area contributed by atoms with Crippen LogP contribution in [0.4, 0.5) is 11.4 Å². The van der Waals surface area contributed by atoms with E-state index in [4.69, 9.17) is 9.15 Å². The Morgan fingerprint density at radius 2 is 1.56 bits per heavy atom. The Labute approximate surface area is 200 Å². The third kappa shape index (κ3) is 4.81. The van der Waals surface area contributed by atoms with Crippen molar-refractivity contribution in [2.75, 3.05) is 24.8 Å². The smallest absolute Gasteiger partial charge is 0.278 e. The SMILES string of the molecule is CNc1ccc(-c2oc(-c3ccc(C(C)(C)C)cc3)nc2C(=O)Nc2ccccc2OC)cc1. The van der Waals surface area contributed by atoms with Crippen molar-refractivity contribution in [1.82, 2.24) is 4.98 Å². The van der Waals surface area contributed by atoms with E-state index in [1.807, 2.05) is 55.6 Å². The lowest BCUT2D eigenvalue weighted by Crippen LogP contribution is -2.14. The maximum atomic E-state index is 13.3. The number of ether oxygens (including phenoxy) is 1. The molecule has 174 valence electrons. The summed E-state index contributed by atoms with van der Waals surface area (Å²) >= 11 is 0. The summed E-state index contributed by atoms with van der Waals surface area (Å²) in [5, 5.41) is 6.00. The molecule has 0 unspecified atom stereocenters. The Balaban J connectivity index is 1.75. The van der Waals surface area contributed by atoms with E-state index < -0.39 is 0 Å². The Bertz CT molecular complexity index is 1280. The van der Waals surface area contributed by atoms with Crippen LogP contribution in [0.2, 0.25) is 0 Å². The molecule has 0 atom stereocenters. The Kier molecular flexibility index (Phi) is 6.41. The topological polar surface area (TPSA) is 76.4 Å². The first-order valence-electron chi connectivity index (χ1n) is 11.1. The van der Waals surface area contributed by atoms with Crippen molar-refractivity contribution in [3.8, 4) is 28.5 Å². The highest BCUT2D eigenvalue weighted by molar-refractivity contribution is 6.07. The van der Waals surface area contributed by atoms with Gasteiger partial charge in [-0.1, -0.05) is 45.0 Å². The van der Waals surface area contributed by atoms with Crippen LogP contribution < -0.4 is 15.4 Å². The van der Waals surface area contributed by atoms with Crippen molar-refractivity contribution in [2.24, 2.45) is 0 Å². The molecule has 34 heavy (non-hydrogen) atoms. The molecule has 0 spiro atoms. The first kappa shape index (κ1) is 23.1. The molecule has 0 bridgehead atoms. The molecule has 0 aliphatic carbocycles. The molecule has 0 fully saturated rings. The average molecular weight is 456 g/mol. The highest BCUT2D eigenvalue weighted by Crippen LogP contribution is 2.33. The van der Waals surface area contributed by atoms with Gasteiger partial charge in [0.15, 0.2) is 11.5 Å². The number of anilines is 2. The molecule has 3 aromatic carbocycles. The minimum absolute atomic E-state index is 0.0368.